The molecule has 0 unspecified atom stereocenters. The van der Waals surface area contributed by atoms with Gasteiger partial charge in [0.15, 0.2) is 0 Å². The van der Waals surface area contributed by atoms with Gasteiger partial charge in [-0.25, -0.2) is 0 Å². The molecule has 0 saturated heterocycles. The molecular formula is C46H31N5. The van der Waals surface area contributed by atoms with Crippen molar-refractivity contribution in [2.45, 2.75) is 32.6 Å². The Morgan fingerprint density at radius 1 is 0.667 bits per heavy atom. The molecular weight excluding hydrogens is 623 g/mol. The summed E-state index contributed by atoms with van der Waals surface area (Å²) in [4.78, 5) is 0. The van der Waals surface area contributed by atoms with Crippen molar-refractivity contribution in [1.82, 2.24) is 9.13 Å². The highest BCUT2D eigenvalue weighted by Crippen LogP contribution is 2.41. The predicted octanol–water partition coefficient (Wildman–Crippen LogP) is 10.4. The van der Waals surface area contributed by atoms with E-state index in [0.29, 0.717) is 16.7 Å². The Bertz CT molecular complexity index is 2760. The number of hydrogen-bond acceptors (Lipinski definition) is 3. The topological polar surface area (TPSA) is 81.2 Å². The Labute approximate surface area is 297 Å². The molecule has 2 aromatic heterocycles. The average molecular weight is 654 g/mol. The number of para-hydroxylation sites is 2. The van der Waals surface area contributed by atoms with E-state index in [1.165, 1.54) is 11.3 Å². The van der Waals surface area contributed by atoms with Crippen LogP contribution in [0.2, 0.25) is 0 Å². The first-order chi connectivity index (χ1) is 25.1. The lowest BCUT2D eigenvalue weighted by atomic mass is 9.90. The van der Waals surface area contributed by atoms with Gasteiger partial charge in [0, 0.05) is 44.4 Å². The third-order valence-electron chi connectivity index (χ3n) is 10.2. The van der Waals surface area contributed by atoms with Crippen molar-refractivity contribution >= 4 is 27.9 Å². The Balaban J connectivity index is 1.29. The number of fused-ring (bicyclic) bond motifs is 4. The van der Waals surface area contributed by atoms with Crippen LogP contribution in [0.25, 0.3) is 61.5 Å². The molecule has 5 aromatic carbocycles. The van der Waals surface area contributed by atoms with Crippen LogP contribution in [-0.4, -0.2) is 9.13 Å². The van der Waals surface area contributed by atoms with Crippen LogP contribution >= 0.6 is 0 Å². The van der Waals surface area contributed by atoms with E-state index in [9.17, 15) is 15.8 Å². The average Bonchev–Trinajstić information content (AvgIpc) is 3.66. The normalized spacial score (nSPS) is 12.3. The van der Waals surface area contributed by atoms with Gasteiger partial charge in [0.1, 0.15) is 12.1 Å². The van der Waals surface area contributed by atoms with Gasteiger partial charge in [0.25, 0.3) is 0 Å². The van der Waals surface area contributed by atoms with Crippen molar-refractivity contribution in [1.29, 1.82) is 15.8 Å². The molecule has 5 heteroatoms. The minimum Gasteiger partial charge on any atom is -0.313 e. The van der Waals surface area contributed by atoms with Gasteiger partial charge in [0.05, 0.1) is 45.2 Å². The molecule has 51 heavy (non-hydrogen) atoms. The van der Waals surface area contributed by atoms with E-state index >= 15 is 0 Å². The van der Waals surface area contributed by atoms with Crippen LogP contribution in [0.5, 0.6) is 0 Å². The molecule has 1 aliphatic carbocycles. The fourth-order valence-corrected chi connectivity index (χ4v) is 7.96. The maximum atomic E-state index is 10.8. The lowest BCUT2D eigenvalue weighted by molar-refractivity contribution is 0.667. The third kappa shape index (κ3) is 5.01. The monoisotopic (exact) mass is 653 g/mol. The number of nitriles is 3. The highest BCUT2D eigenvalue weighted by molar-refractivity contribution is 5.94. The molecule has 5 nitrogen and oxygen atoms in total. The molecule has 0 fully saturated rings. The molecule has 0 aliphatic heterocycles. The minimum absolute atomic E-state index is 0.501. The summed E-state index contributed by atoms with van der Waals surface area (Å²) in [6.07, 6.45) is 13.3. The molecule has 0 atom stereocenters. The third-order valence-corrected chi connectivity index (χ3v) is 10.2. The minimum atomic E-state index is 0.501. The first kappa shape index (κ1) is 31.2. The molecule has 240 valence electrons. The van der Waals surface area contributed by atoms with Gasteiger partial charge in [0.2, 0.25) is 0 Å². The maximum absolute atomic E-state index is 10.8. The zero-order valence-electron chi connectivity index (χ0n) is 28.1. The SMILES string of the molecule is C#C/C=C\c1c(C)n(-c2ccc(-c3cccc(-c4ccccc4-n4c5c(c6cc(C#N)ccc64)CCCC5)c3C#N)cc2C#N)c2ccccc12. The van der Waals surface area contributed by atoms with E-state index < -0.39 is 0 Å². The Morgan fingerprint density at radius 2 is 1.43 bits per heavy atom. The van der Waals surface area contributed by atoms with Gasteiger partial charge in [-0.15, -0.1) is 6.42 Å². The maximum Gasteiger partial charge on any atom is 0.101 e. The summed E-state index contributed by atoms with van der Waals surface area (Å²) < 4.78 is 4.45. The Morgan fingerprint density at radius 3 is 2.25 bits per heavy atom. The molecule has 2 heterocycles. The summed E-state index contributed by atoms with van der Waals surface area (Å²) in [6, 6.07) is 41.4. The number of nitrogens with zero attached hydrogens (tertiary/aromatic N) is 5. The predicted molar refractivity (Wildman–Crippen MR) is 204 cm³/mol. The summed E-state index contributed by atoms with van der Waals surface area (Å²) in [7, 11) is 0. The molecule has 1 aliphatic rings. The van der Waals surface area contributed by atoms with Crippen LogP contribution in [0.1, 0.15) is 52.0 Å². The Kier molecular flexibility index (Phi) is 7.82. The van der Waals surface area contributed by atoms with Crippen LogP contribution in [0.3, 0.4) is 0 Å². The van der Waals surface area contributed by atoms with Crippen LogP contribution in [0.4, 0.5) is 0 Å². The summed E-state index contributed by atoms with van der Waals surface area (Å²) >= 11 is 0. The second kappa shape index (κ2) is 12.8. The number of aryl methyl sites for hydroxylation is 1. The quantitative estimate of drug-likeness (QED) is 0.173. The van der Waals surface area contributed by atoms with Crippen LogP contribution in [0, 0.1) is 53.3 Å². The molecule has 8 rings (SSSR count). The van der Waals surface area contributed by atoms with E-state index in [2.05, 4.69) is 57.5 Å². The second-order valence-corrected chi connectivity index (χ2v) is 12.9. The fraction of sp³-hybridized carbons (Fsp3) is 0.109. The molecule has 0 spiro atoms. The molecule has 0 amide bonds. The lowest BCUT2D eigenvalue weighted by Crippen LogP contribution is -2.08. The van der Waals surface area contributed by atoms with Crippen molar-refractivity contribution in [3.63, 3.8) is 0 Å². The Hall–Kier alpha value is -7.05. The number of benzene rings is 5. The smallest absolute Gasteiger partial charge is 0.101 e. The van der Waals surface area contributed by atoms with Crippen LogP contribution in [0.15, 0.2) is 109 Å². The molecule has 0 N–H and O–H groups in total. The van der Waals surface area contributed by atoms with E-state index in [0.717, 1.165) is 92.4 Å². The zero-order chi connectivity index (χ0) is 35.1. The summed E-state index contributed by atoms with van der Waals surface area (Å²) in [5.41, 5.74) is 13.4. The number of terminal acetylenes is 1. The van der Waals surface area contributed by atoms with Gasteiger partial charge < -0.3 is 9.13 Å². The zero-order valence-corrected chi connectivity index (χ0v) is 28.1. The molecule has 0 radical (unpaired) electrons. The van der Waals surface area contributed by atoms with Gasteiger partial charge >= 0.3 is 0 Å². The first-order valence-electron chi connectivity index (χ1n) is 17.0. The van der Waals surface area contributed by atoms with Crippen molar-refractivity contribution in [3.05, 3.63) is 148 Å². The first-order valence-corrected chi connectivity index (χ1v) is 17.0. The van der Waals surface area contributed by atoms with Crippen molar-refractivity contribution in [2.24, 2.45) is 0 Å². The van der Waals surface area contributed by atoms with E-state index in [4.69, 9.17) is 6.42 Å². The highest BCUT2D eigenvalue weighted by atomic mass is 15.0. The van der Waals surface area contributed by atoms with E-state index in [1.807, 2.05) is 91.9 Å². The standard InChI is InChI=1S/C46H31N5/c1-3-4-12-34-30(2)50(43-18-8-5-13-37(34)43)42-24-22-32(26-33(42)28-48)35-16-11-17-36(41(35)29-49)38-14-6-9-19-44(38)51-45-20-10-7-15-39(45)40-25-31(27-47)21-23-46(40)51/h1,4-6,8-9,11-14,16-19,21-26H,7,10,15,20H2,2H3/b12-4-. The number of hydrogen-bond donors (Lipinski definition) is 0. The lowest BCUT2D eigenvalue weighted by Gasteiger charge is -2.20. The van der Waals surface area contributed by atoms with Gasteiger partial charge in [-0.05, 0) is 98.4 Å². The number of rotatable bonds is 5. The number of aromatic nitrogens is 2. The number of allylic oxidation sites excluding steroid dienone is 1. The van der Waals surface area contributed by atoms with Crippen molar-refractivity contribution < 1.29 is 0 Å². The van der Waals surface area contributed by atoms with E-state index in [1.54, 1.807) is 6.08 Å². The summed E-state index contributed by atoms with van der Waals surface area (Å²) in [6.45, 7) is 2.04. The van der Waals surface area contributed by atoms with Gasteiger partial charge in [-0.1, -0.05) is 66.6 Å². The van der Waals surface area contributed by atoms with E-state index in [-0.39, 0.29) is 0 Å². The summed E-state index contributed by atoms with van der Waals surface area (Å²) in [5.74, 6) is 2.59. The highest BCUT2D eigenvalue weighted by Gasteiger charge is 2.24. The largest absolute Gasteiger partial charge is 0.313 e. The molecule has 0 bridgehead atoms. The van der Waals surface area contributed by atoms with Crippen molar-refractivity contribution in [3.8, 4) is 64.2 Å². The van der Waals surface area contributed by atoms with Gasteiger partial charge in [-0.3, -0.25) is 0 Å². The van der Waals surface area contributed by atoms with Crippen LogP contribution < -0.4 is 0 Å². The second-order valence-electron chi connectivity index (χ2n) is 12.9. The van der Waals surface area contributed by atoms with Gasteiger partial charge in [-0.2, -0.15) is 15.8 Å². The molecule has 0 saturated carbocycles. The molecule has 7 aromatic rings. The van der Waals surface area contributed by atoms with Crippen molar-refractivity contribution in [2.75, 3.05) is 0 Å². The fourth-order valence-electron chi connectivity index (χ4n) is 7.96. The van der Waals surface area contributed by atoms with Crippen LogP contribution in [-0.2, 0) is 12.8 Å². The summed E-state index contributed by atoms with van der Waals surface area (Å²) in [5, 5.41) is 33.1.